The fourth-order valence-electron chi connectivity index (χ4n) is 3.74. The van der Waals surface area contributed by atoms with Crippen molar-refractivity contribution in [2.75, 3.05) is 26.2 Å². The van der Waals surface area contributed by atoms with E-state index >= 15 is 0 Å². The number of nitrogens with one attached hydrogen (secondary N) is 1. The largest absolute Gasteiger partial charge is 0.507 e. The summed E-state index contributed by atoms with van der Waals surface area (Å²) in [5.41, 5.74) is 0.919. The summed E-state index contributed by atoms with van der Waals surface area (Å²) in [7, 11) is -3.51. The van der Waals surface area contributed by atoms with Crippen molar-refractivity contribution in [1.82, 2.24) is 4.31 Å². The molecule has 1 aliphatic rings. The zero-order chi connectivity index (χ0) is 19.7. The molecule has 2 N–H and O–H groups in total. The molecule has 5 nitrogen and oxygen atoms in total. The molecular formula is C21H22ClN2O3S+. The summed E-state index contributed by atoms with van der Waals surface area (Å²) < 4.78 is 27.2. The van der Waals surface area contributed by atoms with Crippen molar-refractivity contribution in [2.24, 2.45) is 0 Å². The molecule has 7 heteroatoms. The van der Waals surface area contributed by atoms with E-state index in [9.17, 15) is 13.5 Å². The number of nitrogens with zero attached hydrogens (tertiary/aromatic N) is 1. The van der Waals surface area contributed by atoms with Crippen LogP contribution in [0.4, 0.5) is 0 Å². The second-order valence-electron chi connectivity index (χ2n) is 7.07. The number of phenols is 1. The highest BCUT2D eigenvalue weighted by atomic mass is 35.5. The number of hydrogen-bond acceptors (Lipinski definition) is 3. The number of hydrogen-bond donors (Lipinski definition) is 2. The van der Waals surface area contributed by atoms with Crippen molar-refractivity contribution < 1.29 is 18.4 Å². The zero-order valence-electron chi connectivity index (χ0n) is 15.3. The van der Waals surface area contributed by atoms with Gasteiger partial charge in [-0.1, -0.05) is 41.9 Å². The molecule has 0 saturated carbocycles. The summed E-state index contributed by atoms with van der Waals surface area (Å²) in [6.45, 7) is 2.95. The van der Waals surface area contributed by atoms with Gasteiger partial charge in [-0.05, 0) is 41.1 Å². The van der Waals surface area contributed by atoms with Crippen molar-refractivity contribution in [3.05, 3.63) is 71.2 Å². The molecule has 3 aromatic rings. The number of fused-ring (bicyclic) bond motifs is 1. The Morgan fingerprint density at radius 2 is 1.64 bits per heavy atom. The van der Waals surface area contributed by atoms with Gasteiger partial charge in [-0.15, -0.1) is 0 Å². The Labute approximate surface area is 169 Å². The number of quaternary nitrogens is 1. The van der Waals surface area contributed by atoms with Crippen molar-refractivity contribution in [2.45, 2.75) is 11.4 Å². The van der Waals surface area contributed by atoms with Crippen molar-refractivity contribution in [1.29, 1.82) is 0 Å². The van der Waals surface area contributed by atoms with Crippen LogP contribution in [0.5, 0.6) is 5.75 Å². The Kier molecular flexibility index (Phi) is 5.29. The quantitative estimate of drug-likeness (QED) is 0.684. The van der Waals surface area contributed by atoms with E-state index in [4.69, 9.17) is 11.6 Å². The van der Waals surface area contributed by atoms with Crippen LogP contribution in [0.2, 0.25) is 5.02 Å². The Balaban J connectivity index is 1.48. The lowest BCUT2D eigenvalue weighted by atomic mass is 10.0. The Morgan fingerprint density at radius 1 is 0.964 bits per heavy atom. The van der Waals surface area contributed by atoms with Gasteiger partial charge in [0.15, 0.2) is 0 Å². The molecule has 0 aromatic heterocycles. The van der Waals surface area contributed by atoms with E-state index in [1.807, 2.05) is 30.3 Å². The standard InChI is InChI=1S/C21H21ClN2O3S/c22-17-6-8-18(9-7-17)28(26,27)24-13-11-23(12-14-24)15-20-19-4-2-1-3-16(19)5-10-21(20)25/h1-10,25H,11-15H2/p+1. The predicted octanol–water partition coefficient (Wildman–Crippen LogP) is 2.29. The summed E-state index contributed by atoms with van der Waals surface area (Å²) in [6, 6.07) is 17.9. The number of benzene rings is 3. The smallest absolute Gasteiger partial charge is 0.243 e. The minimum atomic E-state index is -3.51. The van der Waals surface area contributed by atoms with Gasteiger partial charge in [-0.25, -0.2) is 8.42 Å². The molecule has 28 heavy (non-hydrogen) atoms. The molecule has 1 fully saturated rings. The first kappa shape index (κ1) is 19.2. The second kappa shape index (κ2) is 7.72. The Hall–Kier alpha value is -2.12. The lowest BCUT2D eigenvalue weighted by molar-refractivity contribution is -0.917. The van der Waals surface area contributed by atoms with Crippen LogP contribution in [-0.4, -0.2) is 44.0 Å². The topological polar surface area (TPSA) is 62.0 Å². The molecule has 0 unspecified atom stereocenters. The molecule has 3 aromatic carbocycles. The first-order chi connectivity index (χ1) is 13.4. The summed E-state index contributed by atoms with van der Waals surface area (Å²) in [5.74, 6) is 0.294. The number of phenolic OH excluding ortho intramolecular Hbond substituents is 1. The van der Waals surface area contributed by atoms with Crippen LogP contribution in [0, 0.1) is 0 Å². The van der Waals surface area contributed by atoms with Gasteiger partial charge in [-0.3, -0.25) is 0 Å². The van der Waals surface area contributed by atoms with Crippen LogP contribution in [0.1, 0.15) is 5.56 Å². The van der Waals surface area contributed by atoms with E-state index in [0.29, 0.717) is 43.5 Å². The first-order valence-corrected chi connectivity index (χ1v) is 11.1. The molecule has 1 saturated heterocycles. The lowest BCUT2D eigenvalue weighted by Crippen LogP contribution is -3.13. The van der Waals surface area contributed by atoms with Gasteiger partial charge < -0.3 is 10.0 Å². The molecule has 0 bridgehead atoms. The SMILES string of the molecule is O=S(=O)(c1ccc(Cl)cc1)N1CC[NH+](Cc2c(O)ccc3ccccc23)CC1. The van der Waals surface area contributed by atoms with Crippen LogP contribution in [0.3, 0.4) is 0 Å². The van der Waals surface area contributed by atoms with Gasteiger partial charge >= 0.3 is 0 Å². The van der Waals surface area contributed by atoms with Crippen LogP contribution < -0.4 is 4.90 Å². The van der Waals surface area contributed by atoms with E-state index in [0.717, 1.165) is 16.3 Å². The molecule has 0 aliphatic carbocycles. The zero-order valence-corrected chi connectivity index (χ0v) is 16.9. The first-order valence-electron chi connectivity index (χ1n) is 9.24. The predicted molar refractivity (Wildman–Crippen MR) is 110 cm³/mol. The number of sulfonamides is 1. The second-order valence-corrected chi connectivity index (χ2v) is 9.44. The minimum Gasteiger partial charge on any atom is -0.507 e. The van der Waals surface area contributed by atoms with Crippen molar-refractivity contribution >= 4 is 32.4 Å². The van der Waals surface area contributed by atoms with E-state index < -0.39 is 10.0 Å². The highest BCUT2D eigenvalue weighted by molar-refractivity contribution is 7.89. The molecular weight excluding hydrogens is 396 g/mol. The average molecular weight is 418 g/mol. The van der Waals surface area contributed by atoms with Gasteiger partial charge in [0.2, 0.25) is 10.0 Å². The van der Waals surface area contributed by atoms with Crippen molar-refractivity contribution in [3.8, 4) is 5.75 Å². The Morgan fingerprint density at radius 3 is 2.36 bits per heavy atom. The van der Waals surface area contributed by atoms with Gasteiger partial charge in [0, 0.05) is 5.02 Å². The third-order valence-corrected chi connectivity index (χ3v) is 7.49. The van der Waals surface area contributed by atoms with Crippen LogP contribution in [0.15, 0.2) is 65.6 Å². The summed E-state index contributed by atoms with van der Waals surface area (Å²) in [6.07, 6.45) is 0. The number of halogens is 1. The van der Waals surface area contributed by atoms with E-state index in [-0.39, 0.29) is 4.90 Å². The van der Waals surface area contributed by atoms with Gasteiger partial charge in [-0.2, -0.15) is 4.31 Å². The van der Waals surface area contributed by atoms with Gasteiger partial charge in [0.1, 0.15) is 12.3 Å². The fourth-order valence-corrected chi connectivity index (χ4v) is 5.30. The molecule has 4 rings (SSSR count). The number of rotatable bonds is 4. The summed E-state index contributed by atoms with van der Waals surface area (Å²) in [5, 5.41) is 13.0. The fraction of sp³-hybridized carbons (Fsp3) is 0.238. The van der Waals surface area contributed by atoms with Gasteiger partial charge in [0.25, 0.3) is 0 Å². The molecule has 0 radical (unpaired) electrons. The summed E-state index contributed by atoms with van der Waals surface area (Å²) >= 11 is 5.87. The third kappa shape index (κ3) is 3.73. The van der Waals surface area contributed by atoms with E-state index in [2.05, 4.69) is 0 Å². The maximum absolute atomic E-state index is 12.8. The maximum Gasteiger partial charge on any atom is 0.243 e. The minimum absolute atomic E-state index is 0.270. The van der Waals surface area contributed by atoms with E-state index in [1.54, 1.807) is 30.3 Å². The van der Waals surface area contributed by atoms with Gasteiger partial charge in [0.05, 0.1) is 36.6 Å². The number of aromatic hydroxyl groups is 1. The van der Waals surface area contributed by atoms with E-state index in [1.165, 1.54) is 9.21 Å². The molecule has 0 atom stereocenters. The Bertz CT molecular complexity index is 1090. The molecule has 1 aliphatic heterocycles. The monoisotopic (exact) mass is 417 g/mol. The normalized spacial score (nSPS) is 16.5. The molecule has 0 amide bonds. The maximum atomic E-state index is 12.8. The highest BCUT2D eigenvalue weighted by Gasteiger charge is 2.30. The number of piperazine rings is 1. The lowest BCUT2D eigenvalue weighted by Gasteiger charge is -2.31. The average Bonchev–Trinajstić information content (AvgIpc) is 2.71. The van der Waals surface area contributed by atoms with Crippen LogP contribution in [-0.2, 0) is 16.6 Å². The molecule has 0 spiro atoms. The highest BCUT2D eigenvalue weighted by Crippen LogP contribution is 2.26. The van der Waals surface area contributed by atoms with Crippen LogP contribution >= 0.6 is 11.6 Å². The molecule has 1 heterocycles. The summed E-state index contributed by atoms with van der Waals surface area (Å²) in [4.78, 5) is 1.53. The van der Waals surface area contributed by atoms with Crippen LogP contribution in [0.25, 0.3) is 10.8 Å². The van der Waals surface area contributed by atoms with Crippen molar-refractivity contribution in [3.63, 3.8) is 0 Å². The molecule has 146 valence electrons. The third-order valence-electron chi connectivity index (χ3n) is 5.32.